The lowest BCUT2D eigenvalue weighted by molar-refractivity contribution is 0.0851. The summed E-state index contributed by atoms with van der Waals surface area (Å²) >= 11 is 5.73. The Bertz CT molecular complexity index is 528. The van der Waals surface area contributed by atoms with E-state index in [0.717, 1.165) is 17.0 Å². The molecule has 1 aromatic carbocycles. The number of aryl methyl sites for hydroxylation is 1. The highest BCUT2D eigenvalue weighted by Crippen LogP contribution is 2.32. The van der Waals surface area contributed by atoms with Crippen molar-refractivity contribution in [3.8, 4) is 5.75 Å². The van der Waals surface area contributed by atoms with Crippen molar-refractivity contribution in [2.75, 3.05) is 19.6 Å². The molecule has 5 heteroatoms. The van der Waals surface area contributed by atoms with Crippen molar-refractivity contribution in [3.05, 3.63) is 47.8 Å². The van der Waals surface area contributed by atoms with Crippen LogP contribution in [0.4, 0.5) is 0 Å². The van der Waals surface area contributed by atoms with Crippen molar-refractivity contribution in [2.24, 2.45) is 7.05 Å². The summed E-state index contributed by atoms with van der Waals surface area (Å²) in [7, 11) is 3.54. The number of para-hydroxylation sites is 1. The van der Waals surface area contributed by atoms with Crippen LogP contribution in [0.25, 0.3) is 0 Å². The predicted molar refractivity (Wildman–Crippen MR) is 74.7 cm³/mol. The Hall–Kier alpha value is -1.52. The number of alkyl halides is 1. The third-order valence-electron chi connectivity index (χ3n) is 2.91. The molecule has 0 saturated carbocycles. The number of benzene rings is 1. The van der Waals surface area contributed by atoms with E-state index in [1.807, 2.05) is 37.4 Å². The Morgan fingerprint density at radius 3 is 2.74 bits per heavy atom. The maximum absolute atomic E-state index is 5.87. The van der Waals surface area contributed by atoms with Crippen LogP contribution < -0.4 is 4.74 Å². The molecule has 102 valence electrons. The monoisotopic (exact) mass is 280 g/mol. The standard InChI is InChI=1S/C14H17ClN2O2/c1-17-12(7-9-16-17)14(19-10-8-15)11-5-3-4-6-13(11)18-2/h3-7,9,14H,8,10H2,1-2H3. The highest BCUT2D eigenvalue weighted by molar-refractivity contribution is 6.17. The first kappa shape index (κ1) is 13.9. The van der Waals surface area contributed by atoms with Crippen LogP contribution in [0.1, 0.15) is 17.4 Å². The molecule has 0 spiro atoms. The second-order valence-electron chi connectivity index (χ2n) is 4.06. The van der Waals surface area contributed by atoms with Crippen LogP contribution in [0.15, 0.2) is 36.5 Å². The summed E-state index contributed by atoms with van der Waals surface area (Å²) in [5.41, 5.74) is 1.94. The quantitative estimate of drug-likeness (QED) is 0.764. The van der Waals surface area contributed by atoms with Gasteiger partial charge in [-0.1, -0.05) is 18.2 Å². The minimum atomic E-state index is -0.234. The molecule has 0 N–H and O–H groups in total. The van der Waals surface area contributed by atoms with Crippen molar-refractivity contribution in [1.82, 2.24) is 9.78 Å². The van der Waals surface area contributed by atoms with Gasteiger partial charge in [0, 0.05) is 24.7 Å². The summed E-state index contributed by atoms with van der Waals surface area (Å²) in [5.74, 6) is 1.24. The third kappa shape index (κ3) is 3.08. The van der Waals surface area contributed by atoms with Crippen LogP contribution in [0, 0.1) is 0 Å². The Labute approximate surface area is 117 Å². The van der Waals surface area contributed by atoms with Gasteiger partial charge in [0.25, 0.3) is 0 Å². The first-order chi connectivity index (χ1) is 9.27. The van der Waals surface area contributed by atoms with Crippen molar-refractivity contribution in [2.45, 2.75) is 6.10 Å². The Kier molecular flexibility index (Phi) is 4.82. The zero-order valence-corrected chi connectivity index (χ0v) is 11.8. The topological polar surface area (TPSA) is 36.3 Å². The predicted octanol–water partition coefficient (Wildman–Crippen LogP) is 2.77. The number of methoxy groups -OCH3 is 1. The van der Waals surface area contributed by atoms with Crippen molar-refractivity contribution in [3.63, 3.8) is 0 Å². The van der Waals surface area contributed by atoms with Crippen molar-refractivity contribution in [1.29, 1.82) is 0 Å². The van der Waals surface area contributed by atoms with E-state index in [-0.39, 0.29) is 6.10 Å². The van der Waals surface area contributed by atoms with Gasteiger partial charge in [0.1, 0.15) is 11.9 Å². The van der Waals surface area contributed by atoms with Gasteiger partial charge >= 0.3 is 0 Å². The summed E-state index contributed by atoms with van der Waals surface area (Å²) in [6.45, 7) is 0.468. The van der Waals surface area contributed by atoms with E-state index in [2.05, 4.69) is 5.10 Å². The first-order valence-corrected chi connectivity index (χ1v) is 6.59. The number of ether oxygens (including phenoxy) is 2. The molecule has 1 heterocycles. The summed E-state index contributed by atoms with van der Waals surface area (Å²) in [6.07, 6.45) is 1.52. The van der Waals surface area contributed by atoms with Gasteiger partial charge in [-0.05, 0) is 12.1 Å². The lowest BCUT2D eigenvalue weighted by Crippen LogP contribution is -2.13. The molecule has 1 atom stereocenters. The van der Waals surface area contributed by atoms with Crippen LogP contribution in [-0.4, -0.2) is 29.4 Å². The molecule has 0 aliphatic rings. The molecule has 0 aliphatic carbocycles. The summed E-state index contributed by atoms with van der Waals surface area (Å²) in [6, 6.07) is 9.74. The van der Waals surface area contributed by atoms with Crippen LogP contribution in [-0.2, 0) is 11.8 Å². The number of halogens is 1. The van der Waals surface area contributed by atoms with E-state index >= 15 is 0 Å². The fourth-order valence-electron chi connectivity index (χ4n) is 2.02. The minimum absolute atomic E-state index is 0.234. The molecule has 0 aliphatic heterocycles. The number of rotatable bonds is 6. The normalized spacial score (nSPS) is 12.4. The summed E-state index contributed by atoms with van der Waals surface area (Å²) in [4.78, 5) is 0. The molecule has 0 amide bonds. The molecule has 4 nitrogen and oxygen atoms in total. The molecule has 0 radical (unpaired) electrons. The molecule has 1 aromatic heterocycles. The smallest absolute Gasteiger partial charge is 0.128 e. The SMILES string of the molecule is COc1ccccc1C(OCCCl)c1ccnn1C. The molecule has 2 rings (SSSR count). The van der Waals surface area contributed by atoms with Crippen molar-refractivity contribution < 1.29 is 9.47 Å². The molecule has 0 fully saturated rings. The van der Waals surface area contributed by atoms with Gasteiger partial charge in [-0.3, -0.25) is 4.68 Å². The fraction of sp³-hybridized carbons (Fsp3) is 0.357. The minimum Gasteiger partial charge on any atom is -0.496 e. The van der Waals surface area contributed by atoms with Crippen LogP contribution >= 0.6 is 11.6 Å². The van der Waals surface area contributed by atoms with Crippen LogP contribution in [0.2, 0.25) is 0 Å². The molecule has 19 heavy (non-hydrogen) atoms. The Morgan fingerprint density at radius 1 is 1.32 bits per heavy atom. The molecule has 0 bridgehead atoms. The highest BCUT2D eigenvalue weighted by Gasteiger charge is 2.21. The van der Waals surface area contributed by atoms with Gasteiger partial charge < -0.3 is 9.47 Å². The van der Waals surface area contributed by atoms with E-state index in [4.69, 9.17) is 21.1 Å². The maximum atomic E-state index is 5.87. The van der Waals surface area contributed by atoms with E-state index in [1.54, 1.807) is 18.0 Å². The number of hydrogen-bond acceptors (Lipinski definition) is 3. The lowest BCUT2D eigenvalue weighted by atomic mass is 10.1. The number of nitrogens with zero attached hydrogens (tertiary/aromatic N) is 2. The molecular formula is C14H17ClN2O2. The molecule has 0 saturated heterocycles. The van der Waals surface area contributed by atoms with Crippen LogP contribution in [0.3, 0.4) is 0 Å². The van der Waals surface area contributed by atoms with Crippen LogP contribution in [0.5, 0.6) is 5.75 Å². The van der Waals surface area contributed by atoms with Gasteiger partial charge in [-0.2, -0.15) is 5.10 Å². The molecule has 1 unspecified atom stereocenters. The third-order valence-corrected chi connectivity index (χ3v) is 3.06. The Balaban J connectivity index is 2.40. The summed E-state index contributed by atoms with van der Waals surface area (Å²) in [5, 5.41) is 4.19. The van der Waals surface area contributed by atoms with Gasteiger partial charge in [0.05, 0.1) is 19.4 Å². The fourth-order valence-corrected chi connectivity index (χ4v) is 2.11. The van der Waals surface area contributed by atoms with Gasteiger partial charge in [-0.25, -0.2) is 0 Å². The second kappa shape index (κ2) is 6.59. The highest BCUT2D eigenvalue weighted by atomic mass is 35.5. The zero-order valence-electron chi connectivity index (χ0n) is 11.0. The van der Waals surface area contributed by atoms with Gasteiger partial charge in [0.15, 0.2) is 0 Å². The van der Waals surface area contributed by atoms with Crippen molar-refractivity contribution >= 4 is 11.6 Å². The lowest BCUT2D eigenvalue weighted by Gasteiger charge is -2.20. The largest absolute Gasteiger partial charge is 0.496 e. The first-order valence-electron chi connectivity index (χ1n) is 6.06. The Morgan fingerprint density at radius 2 is 2.11 bits per heavy atom. The molecular weight excluding hydrogens is 264 g/mol. The second-order valence-corrected chi connectivity index (χ2v) is 4.44. The van der Waals surface area contributed by atoms with E-state index in [9.17, 15) is 0 Å². The number of hydrogen-bond donors (Lipinski definition) is 0. The average molecular weight is 281 g/mol. The zero-order chi connectivity index (χ0) is 13.7. The van der Waals surface area contributed by atoms with E-state index in [1.165, 1.54) is 0 Å². The molecule has 2 aromatic rings. The maximum Gasteiger partial charge on any atom is 0.128 e. The average Bonchev–Trinajstić information content (AvgIpc) is 2.86. The van der Waals surface area contributed by atoms with Gasteiger partial charge in [-0.15, -0.1) is 11.6 Å². The van der Waals surface area contributed by atoms with E-state index in [0.29, 0.717) is 12.5 Å². The van der Waals surface area contributed by atoms with E-state index < -0.39 is 0 Å². The van der Waals surface area contributed by atoms with Gasteiger partial charge in [0.2, 0.25) is 0 Å². The number of aromatic nitrogens is 2. The summed E-state index contributed by atoms with van der Waals surface area (Å²) < 4.78 is 13.1.